The van der Waals surface area contributed by atoms with Crippen molar-refractivity contribution in [1.29, 1.82) is 0 Å². The fourth-order valence-corrected chi connectivity index (χ4v) is 2.36. The molecule has 6 nitrogen and oxygen atoms in total. The van der Waals surface area contributed by atoms with Crippen LogP contribution in [0.25, 0.3) is 0 Å². The van der Waals surface area contributed by atoms with Crippen molar-refractivity contribution >= 4 is 17.5 Å². The Bertz CT molecular complexity index is 706. The number of nitrogens with zero attached hydrogens (tertiary/aromatic N) is 1. The molecule has 0 spiro atoms. The Morgan fingerprint density at radius 3 is 2.65 bits per heavy atom. The van der Waals surface area contributed by atoms with Crippen LogP contribution in [0.5, 0.6) is 17.4 Å². The monoisotopic (exact) mass is 336 g/mol. The summed E-state index contributed by atoms with van der Waals surface area (Å²) in [6, 6.07) is 6.70. The fourth-order valence-electron chi connectivity index (χ4n) is 2.07. The van der Waals surface area contributed by atoms with Gasteiger partial charge in [-0.25, -0.2) is 4.98 Å². The first-order chi connectivity index (χ1) is 11.1. The molecule has 0 aliphatic rings. The molecular formula is C16H17ClN2O4. The van der Waals surface area contributed by atoms with Gasteiger partial charge in [-0.05, 0) is 18.2 Å². The maximum Gasteiger partial charge on any atom is 0.251 e. The van der Waals surface area contributed by atoms with Gasteiger partial charge in [-0.2, -0.15) is 0 Å². The van der Waals surface area contributed by atoms with E-state index < -0.39 is 0 Å². The Balaban J connectivity index is 2.16. The molecule has 0 saturated carbocycles. The number of benzene rings is 1. The zero-order chi connectivity index (χ0) is 16.8. The summed E-state index contributed by atoms with van der Waals surface area (Å²) < 4.78 is 15.5. The maximum atomic E-state index is 12.3. The van der Waals surface area contributed by atoms with Gasteiger partial charge in [0.1, 0.15) is 0 Å². The summed E-state index contributed by atoms with van der Waals surface area (Å²) >= 11 is 6.11. The molecule has 0 unspecified atom stereocenters. The van der Waals surface area contributed by atoms with Gasteiger partial charge in [0.15, 0.2) is 11.5 Å². The quantitative estimate of drug-likeness (QED) is 0.878. The van der Waals surface area contributed by atoms with Crippen molar-refractivity contribution in [1.82, 2.24) is 10.3 Å². The van der Waals surface area contributed by atoms with Gasteiger partial charge in [0.25, 0.3) is 5.91 Å². The Morgan fingerprint density at radius 2 is 2.00 bits per heavy atom. The number of nitrogens with one attached hydrogen (secondary N) is 1. The van der Waals surface area contributed by atoms with Crippen molar-refractivity contribution in [3.05, 3.63) is 46.6 Å². The Kier molecular flexibility index (Phi) is 5.65. The van der Waals surface area contributed by atoms with Crippen molar-refractivity contribution < 1.29 is 19.0 Å². The molecule has 0 aliphatic carbocycles. The minimum Gasteiger partial charge on any atom is -0.493 e. The normalized spacial score (nSPS) is 10.1. The molecule has 0 atom stereocenters. The van der Waals surface area contributed by atoms with Crippen molar-refractivity contribution in [2.75, 3.05) is 21.3 Å². The molecule has 1 amide bonds. The molecule has 0 radical (unpaired) electrons. The number of rotatable bonds is 6. The predicted molar refractivity (Wildman–Crippen MR) is 86.5 cm³/mol. The first kappa shape index (κ1) is 16.9. The topological polar surface area (TPSA) is 69.7 Å². The standard InChI is InChI=1S/C16H17ClN2O4/c1-21-13-8-11(7-12(17)14(13)22-2)15(20)19-9-10-5-4-6-18-16(10)23-3/h4-8H,9H2,1-3H3,(H,19,20). The van der Waals surface area contributed by atoms with E-state index in [1.165, 1.54) is 27.4 Å². The van der Waals surface area contributed by atoms with E-state index in [0.717, 1.165) is 5.56 Å². The minimum atomic E-state index is -0.293. The summed E-state index contributed by atoms with van der Waals surface area (Å²) in [7, 11) is 4.50. The van der Waals surface area contributed by atoms with Gasteiger partial charge in [-0.3, -0.25) is 4.79 Å². The lowest BCUT2D eigenvalue weighted by Crippen LogP contribution is -2.23. The second-order valence-corrected chi connectivity index (χ2v) is 4.96. The van der Waals surface area contributed by atoms with Gasteiger partial charge in [-0.15, -0.1) is 0 Å². The molecule has 0 bridgehead atoms. The first-order valence-electron chi connectivity index (χ1n) is 6.78. The molecule has 0 aliphatic heterocycles. The van der Waals surface area contributed by atoms with Gasteiger partial charge < -0.3 is 19.5 Å². The van der Waals surface area contributed by atoms with Crippen LogP contribution < -0.4 is 19.5 Å². The van der Waals surface area contributed by atoms with E-state index in [9.17, 15) is 4.79 Å². The number of amides is 1. The Labute approximate surface area is 139 Å². The lowest BCUT2D eigenvalue weighted by atomic mass is 10.1. The van der Waals surface area contributed by atoms with Gasteiger partial charge in [0.05, 0.1) is 26.4 Å². The van der Waals surface area contributed by atoms with E-state index >= 15 is 0 Å². The third-order valence-electron chi connectivity index (χ3n) is 3.18. The highest BCUT2D eigenvalue weighted by atomic mass is 35.5. The van der Waals surface area contributed by atoms with Crippen LogP contribution in [0.15, 0.2) is 30.5 Å². The maximum absolute atomic E-state index is 12.3. The van der Waals surface area contributed by atoms with Gasteiger partial charge in [-0.1, -0.05) is 17.7 Å². The summed E-state index contributed by atoms with van der Waals surface area (Å²) in [5.74, 6) is 0.959. The lowest BCUT2D eigenvalue weighted by Gasteiger charge is -2.12. The number of pyridine rings is 1. The summed E-state index contributed by atoms with van der Waals surface area (Å²) in [4.78, 5) is 16.4. The summed E-state index contributed by atoms with van der Waals surface area (Å²) in [5, 5.41) is 3.09. The minimum absolute atomic E-state index is 0.280. The van der Waals surface area contributed by atoms with Gasteiger partial charge in [0.2, 0.25) is 5.88 Å². The van der Waals surface area contributed by atoms with Crippen LogP contribution in [0.1, 0.15) is 15.9 Å². The number of carbonyl (C=O) groups excluding carboxylic acids is 1. The van der Waals surface area contributed by atoms with Gasteiger partial charge >= 0.3 is 0 Å². The molecular weight excluding hydrogens is 320 g/mol. The average Bonchev–Trinajstić information content (AvgIpc) is 2.58. The molecule has 2 aromatic rings. The highest BCUT2D eigenvalue weighted by Gasteiger charge is 2.15. The molecule has 1 N–H and O–H groups in total. The SMILES string of the molecule is COc1cc(C(=O)NCc2cccnc2OC)cc(Cl)c1OC. The van der Waals surface area contributed by atoms with E-state index in [2.05, 4.69) is 10.3 Å². The summed E-state index contributed by atoms with van der Waals surface area (Å²) in [5.41, 5.74) is 1.14. The molecule has 122 valence electrons. The van der Waals surface area contributed by atoms with E-state index in [-0.39, 0.29) is 12.5 Å². The highest BCUT2D eigenvalue weighted by Crippen LogP contribution is 2.35. The number of halogens is 1. The van der Waals surface area contributed by atoms with Crippen LogP contribution in [0.2, 0.25) is 5.02 Å². The van der Waals surface area contributed by atoms with Crippen LogP contribution in [-0.4, -0.2) is 32.2 Å². The average molecular weight is 337 g/mol. The molecule has 0 fully saturated rings. The highest BCUT2D eigenvalue weighted by molar-refractivity contribution is 6.32. The number of hydrogen-bond donors (Lipinski definition) is 1. The van der Waals surface area contributed by atoms with Gasteiger partial charge in [0, 0.05) is 23.9 Å². The molecule has 1 aromatic carbocycles. The lowest BCUT2D eigenvalue weighted by molar-refractivity contribution is 0.0950. The smallest absolute Gasteiger partial charge is 0.251 e. The van der Waals surface area contributed by atoms with Crippen molar-refractivity contribution in [3.63, 3.8) is 0 Å². The van der Waals surface area contributed by atoms with E-state index in [4.69, 9.17) is 25.8 Å². The Hall–Kier alpha value is -2.47. The second-order valence-electron chi connectivity index (χ2n) is 4.55. The number of carbonyl (C=O) groups is 1. The second kappa shape index (κ2) is 7.69. The largest absolute Gasteiger partial charge is 0.493 e. The van der Waals surface area contributed by atoms with E-state index in [1.54, 1.807) is 18.3 Å². The van der Waals surface area contributed by atoms with Crippen LogP contribution in [-0.2, 0) is 6.54 Å². The van der Waals surface area contributed by atoms with E-state index in [0.29, 0.717) is 28.0 Å². The third-order valence-corrected chi connectivity index (χ3v) is 3.46. The number of hydrogen-bond acceptors (Lipinski definition) is 5. The number of aromatic nitrogens is 1. The van der Waals surface area contributed by atoms with E-state index in [1.807, 2.05) is 6.07 Å². The van der Waals surface area contributed by atoms with Crippen LogP contribution in [0, 0.1) is 0 Å². The van der Waals surface area contributed by atoms with Crippen LogP contribution in [0.4, 0.5) is 0 Å². The predicted octanol–water partition coefficient (Wildman–Crippen LogP) is 2.69. The molecule has 2 rings (SSSR count). The fraction of sp³-hybridized carbons (Fsp3) is 0.250. The molecule has 0 saturated heterocycles. The zero-order valence-electron chi connectivity index (χ0n) is 13.1. The first-order valence-corrected chi connectivity index (χ1v) is 7.16. The molecule has 7 heteroatoms. The molecule has 1 heterocycles. The summed E-state index contributed by atoms with van der Waals surface area (Å²) in [6.45, 7) is 0.280. The Morgan fingerprint density at radius 1 is 1.22 bits per heavy atom. The number of ether oxygens (including phenoxy) is 3. The molecule has 1 aromatic heterocycles. The third kappa shape index (κ3) is 3.84. The van der Waals surface area contributed by atoms with Crippen molar-refractivity contribution in [3.8, 4) is 17.4 Å². The zero-order valence-corrected chi connectivity index (χ0v) is 13.8. The van der Waals surface area contributed by atoms with Crippen molar-refractivity contribution in [2.24, 2.45) is 0 Å². The van der Waals surface area contributed by atoms with Crippen LogP contribution in [0.3, 0.4) is 0 Å². The number of methoxy groups -OCH3 is 3. The summed E-state index contributed by atoms with van der Waals surface area (Å²) in [6.07, 6.45) is 1.62. The molecule has 23 heavy (non-hydrogen) atoms. The van der Waals surface area contributed by atoms with Crippen molar-refractivity contribution in [2.45, 2.75) is 6.54 Å². The van der Waals surface area contributed by atoms with Crippen LogP contribution >= 0.6 is 11.6 Å².